The molecule has 2 heterocycles. The molecule has 0 spiro atoms. The molecule has 1 aromatic heterocycles. The molecule has 1 aliphatic rings. The number of hydrogen-bond donors (Lipinski definition) is 1. The highest BCUT2D eigenvalue weighted by Gasteiger charge is 2.15. The van der Waals surface area contributed by atoms with Crippen molar-refractivity contribution in [3.8, 4) is 17.6 Å². The summed E-state index contributed by atoms with van der Waals surface area (Å²) in [4.78, 5) is 26.3. The fraction of sp³-hybridized carbons (Fsp3) is 0.188. The number of pyridine rings is 1. The van der Waals surface area contributed by atoms with Crippen molar-refractivity contribution in [3.05, 3.63) is 39.7 Å². The number of methoxy groups -OCH3 is 1. The maximum atomic E-state index is 12.1. The number of esters is 1. The van der Waals surface area contributed by atoms with Crippen molar-refractivity contribution in [1.29, 1.82) is 5.26 Å². The van der Waals surface area contributed by atoms with Crippen LogP contribution >= 0.6 is 0 Å². The number of nitriles is 1. The lowest BCUT2D eigenvalue weighted by molar-refractivity contribution is -0.135. The molecule has 1 N–H and O–H groups in total. The fourth-order valence-electron chi connectivity index (χ4n) is 2.27. The molecule has 23 heavy (non-hydrogen) atoms. The van der Waals surface area contributed by atoms with Gasteiger partial charge in [-0.15, -0.1) is 0 Å². The van der Waals surface area contributed by atoms with Gasteiger partial charge in [-0.3, -0.25) is 4.79 Å². The Labute approximate surface area is 130 Å². The molecule has 0 amide bonds. The number of aromatic amines is 1. The molecule has 0 saturated heterocycles. The zero-order chi connectivity index (χ0) is 16.4. The Kier molecular flexibility index (Phi) is 3.73. The van der Waals surface area contributed by atoms with Crippen molar-refractivity contribution >= 4 is 22.9 Å². The average Bonchev–Trinajstić information content (AvgIpc) is 2.57. The molecule has 0 bridgehead atoms. The normalized spacial score (nSPS) is 13.5. The number of carbonyl (C=O) groups excluding carboxylic acids is 1. The van der Waals surface area contributed by atoms with E-state index in [0.29, 0.717) is 35.6 Å². The molecule has 0 atom stereocenters. The molecule has 0 fully saturated rings. The van der Waals surface area contributed by atoms with E-state index in [9.17, 15) is 9.59 Å². The highest BCUT2D eigenvalue weighted by atomic mass is 16.6. The molecule has 0 radical (unpaired) electrons. The van der Waals surface area contributed by atoms with Gasteiger partial charge in [0.2, 0.25) is 0 Å². The maximum absolute atomic E-state index is 12.1. The van der Waals surface area contributed by atoms with Gasteiger partial charge in [0.25, 0.3) is 5.56 Å². The van der Waals surface area contributed by atoms with Gasteiger partial charge in [0.1, 0.15) is 24.9 Å². The van der Waals surface area contributed by atoms with Crippen LogP contribution in [0.3, 0.4) is 0 Å². The van der Waals surface area contributed by atoms with Gasteiger partial charge >= 0.3 is 5.97 Å². The van der Waals surface area contributed by atoms with Crippen molar-refractivity contribution in [2.75, 3.05) is 20.3 Å². The van der Waals surface area contributed by atoms with E-state index in [2.05, 4.69) is 9.72 Å². The van der Waals surface area contributed by atoms with Crippen molar-refractivity contribution in [3.63, 3.8) is 0 Å². The van der Waals surface area contributed by atoms with Crippen LogP contribution in [0.2, 0.25) is 0 Å². The summed E-state index contributed by atoms with van der Waals surface area (Å²) in [6.45, 7) is 0.907. The molecular weight excluding hydrogens is 300 g/mol. The Morgan fingerprint density at radius 2 is 2.00 bits per heavy atom. The first-order chi connectivity index (χ1) is 11.1. The number of nitrogens with one attached hydrogen (secondary N) is 1. The molecule has 1 aromatic carbocycles. The minimum absolute atomic E-state index is 0.177. The third-order valence-corrected chi connectivity index (χ3v) is 3.36. The first-order valence-electron chi connectivity index (χ1n) is 6.79. The third-order valence-electron chi connectivity index (χ3n) is 3.36. The van der Waals surface area contributed by atoms with E-state index >= 15 is 0 Å². The Morgan fingerprint density at radius 1 is 1.30 bits per heavy atom. The highest BCUT2D eigenvalue weighted by Crippen LogP contribution is 2.33. The first-order valence-corrected chi connectivity index (χ1v) is 6.79. The van der Waals surface area contributed by atoms with Gasteiger partial charge in [0.05, 0.1) is 12.6 Å². The molecule has 3 rings (SSSR count). The van der Waals surface area contributed by atoms with E-state index in [1.54, 1.807) is 24.3 Å². The summed E-state index contributed by atoms with van der Waals surface area (Å²) in [6, 6.07) is 6.71. The third kappa shape index (κ3) is 2.74. The van der Waals surface area contributed by atoms with Gasteiger partial charge in [-0.25, -0.2) is 4.79 Å². The summed E-state index contributed by atoms with van der Waals surface area (Å²) in [5.41, 5.74) is 0.0739. The van der Waals surface area contributed by atoms with Gasteiger partial charge in [-0.1, -0.05) is 0 Å². The van der Waals surface area contributed by atoms with Crippen LogP contribution in [0, 0.1) is 11.3 Å². The zero-order valence-corrected chi connectivity index (χ0v) is 12.2. The molecule has 1 aliphatic heterocycles. The molecule has 2 aromatic rings. The predicted octanol–water partition coefficient (Wildman–Crippen LogP) is 1.38. The van der Waals surface area contributed by atoms with E-state index in [-0.39, 0.29) is 11.1 Å². The Hall–Kier alpha value is -3.27. The maximum Gasteiger partial charge on any atom is 0.348 e. The van der Waals surface area contributed by atoms with Crippen LogP contribution in [0.1, 0.15) is 5.56 Å². The van der Waals surface area contributed by atoms with E-state index < -0.39 is 11.5 Å². The van der Waals surface area contributed by atoms with Crippen molar-refractivity contribution < 1.29 is 19.0 Å². The lowest BCUT2D eigenvalue weighted by Gasteiger charge is -2.18. The molecule has 0 aliphatic carbocycles. The van der Waals surface area contributed by atoms with E-state index in [4.69, 9.17) is 14.7 Å². The topological polar surface area (TPSA) is 101 Å². The second kappa shape index (κ2) is 5.85. The monoisotopic (exact) mass is 312 g/mol. The summed E-state index contributed by atoms with van der Waals surface area (Å²) in [6.07, 6.45) is 1.20. The Morgan fingerprint density at radius 3 is 2.65 bits per heavy atom. The quantitative estimate of drug-likeness (QED) is 0.510. The molecule has 7 heteroatoms. The lowest BCUT2D eigenvalue weighted by atomic mass is 10.1. The van der Waals surface area contributed by atoms with Gasteiger partial charge in [0, 0.05) is 17.0 Å². The average molecular weight is 312 g/mol. The van der Waals surface area contributed by atoms with E-state index in [1.165, 1.54) is 13.2 Å². The summed E-state index contributed by atoms with van der Waals surface area (Å²) in [5, 5.41) is 9.68. The van der Waals surface area contributed by atoms with Gasteiger partial charge in [-0.05, 0) is 18.2 Å². The van der Waals surface area contributed by atoms with Crippen molar-refractivity contribution in [2.24, 2.45) is 0 Å². The molecule has 0 unspecified atom stereocenters. The minimum atomic E-state index is -0.797. The van der Waals surface area contributed by atoms with Crippen LogP contribution in [0.4, 0.5) is 0 Å². The molecular formula is C16H12N2O5. The summed E-state index contributed by atoms with van der Waals surface area (Å²) in [5.74, 6) is 0.350. The molecule has 116 valence electrons. The van der Waals surface area contributed by atoms with Crippen molar-refractivity contribution in [1.82, 2.24) is 4.98 Å². The molecule has 0 saturated carbocycles. The summed E-state index contributed by atoms with van der Waals surface area (Å²) < 4.78 is 15.5. The van der Waals surface area contributed by atoms with Crippen LogP contribution in [0.5, 0.6) is 11.5 Å². The lowest BCUT2D eigenvalue weighted by Crippen LogP contribution is -2.16. The number of rotatable bonds is 2. The number of aromatic nitrogens is 1. The highest BCUT2D eigenvalue weighted by molar-refractivity contribution is 5.98. The number of nitrogens with zero attached hydrogens (tertiary/aromatic N) is 1. The van der Waals surface area contributed by atoms with E-state index in [0.717, 1.165) is 0 Å². The van der Waals surface area contributed by atoms with Crippen LogP contribution in [0.15, 0.2) is 28.6 Å². The smallest absolute Gasteiger partial charge is 0.348 e. The predicted molar refractivity (Wildman–Crippen MR) is 81.2 cm³/mol. The standard InChI is InChI=1S/C16H12N2O5/c1-21-16(20)11(8-17)5-10-4-9-6-13-14(23-3-2-22-13)7-12(9)18-15(10)19/h4-7H,2-3H2,1H3,(H,18,19)/b11-5+. The van der Waals surface area contributed by atoms with Gasteiger partial charge in [0.15, 0.2) is 11.5 Å². The summed E-state index contributed by atoms with van der Waals surface area (Å²) in [7, 11) is 1.17. The fourth-order valence-corrected chi connectivity index (χ4v) is 2.27. The second-order valence-electron chi connectivity index (χ2n) is 4.80. The van der Waals surface area contributed by atoms with E-state index in [1.807, 2.05) is 0 Å². The number of hydrogen-bond acceptors (Lipinski definition) is 6. The minimum Gasteiger partial charge on any atom is -0.486 e. The zero-order valence-electron chi connectivity index (χ0n) is 12.2. The van der Waals surface area contributed by atoms with Crippen LogP contribution in [0.25, 0.3) is 17.0 Å². The summed E-state index contributed by atoms with van der Waals surface area (Å²) >= 11 is 0. The second-order valence-corrected chi connectivity index (χ2v) is 4.80. The van der Waals surface area contributed by atoms with Crippen LogP contribution in [-0.4, -0.2) is 31.3 Å². The Balaban J connectivity index is 2.14. The number of benzene rings is 1. The van der Waals surface area contributed by atoms with Gasteiger partial charge in [-0.2, -0.15) is 5.26 Å². The first kappa shape index (κ1) is 14.7. The van der Waals surface area contributed by atoms with Crippen molar-refractivity contribution in [2.45, 2.75) is 0 Å². The number of ether oxygens (including phenoxy) is 3. The van der Waals surface area contributed by atoms with Crippen LogP contribution in [-0.2, 0) is 9.53 Å². The Bertz CT molecular complexity index is 920. The van der Waals surface area contributed by atoms with Gasteiger partial charge < -0.3 is 19.2 Å². The number of fused-ring (bicyclic) bond motifs is 2. The number of carbonyl (C=O) groups is 1. The largest absolute Gasteiger partial charge is 0.486 e. The van der Waals surface area contributed by atoms with Crippen LogP contribution < -0.4 is 15.0 Å². The number of H-pyrrole nitrogens is 1. The SMILES string of the molecule is COC(=O)/C(C#N)=C/c1cc2cc3c(cc2[nH]c1=O)OCCO3. The molecule has 7 nitrogen and oxygen atoms in total.